The fourth-order valence-corrected chi connectivity index (χ4v) is 3.23. The third-order valence-corrected chi connectivity index (χ3v) is 4.96. The number of hydrogen-bond acceptors (Lipinski definition) is 4. The minimum Gasteiger partial charge on any atom is -0.384 e. The minimum atomic E-state index is -3.67. The van der Waals surface area contributed by atoms with Crippen LogP contribution in [0.1, 0.15) is 21.5 Å². The first-order valence-corrected chi connectivity index (χ1v) is 9.25. The van der Waals surface area contributed by atoms with Crippen LogP contribution >= 0.6 is 0 Å². The number of rotatable bonds is 5. The summed E-state index contributed by atoms with van der Waals surface area (Å²) in [5.74, 6) is -0.106. The van der Waals surface area contributed by atoms with Crippen LogP contribution in [-0.4, -0.2) is 27.4 Å². The smallest absolute Gasteiger partial charge is 0.251 e. The van der Waals surface area contributed by atoms with Crippen molar-refractivity contribution in [3.05, 3.63) is 59.2 Å². The van der Waals surface area contributed by atoms with Gasteiger partial charge in [0.05, 0.1) is 4.90 Å². The van der Waals surface area contributed by atoms with Crippen molar-refractivity contribution >= 4 is 21.6 Å². The van der Waals surface area contributed by atoms with Gasteiger partial charge in [-0.1, -0.05) is 12.1 Å². The van der Waals surface area contributed by atoms with Crippen LogP contribution in [0.2, 0.25) is 0 Å². The van der Waals surface area contributed by atoms with Crippen LogP contribution in [0.5, 0.6) is 0 Å². The Bertz CT molecular complexity index is 861. The Balaban J connectivity index is 1.55. The van der Waals surface area contributed by atoms with E-state index in [-0.39, 0.29) is 10.8 Å². The number of anilines is 1. The Kier molecular flexibility index (Phi) is 4.55. The van der Waals surface area contributed by atoms with Gasteiger partial charge in [0.2, 0.25) is 10.0 Å². The lowest BCUT2D eigenvalue weighted by Crippen LogP contribution is -2.25. The van der Waals surface area contributed by atoms with Crippen LogP contribution in [0.4, 0.5) is 5.69 Å². The average Bonchev–Trinajstić information content (AvgIpc) is 3.02. The first-order chi connectivity index (χ1) is 11.4. The second kappa shape index (κ2) is 6.62. The molecule has 0 saturated heterocycles. The highest BCUT2D eigenvalue weighted by atomic mass is 32.2. The number of sulfonamides is 1. The lowest BCUT2D eigenvalue weighted by Gasteiger charge is -2.07. The molecule has 0 fully saturated rings. The van der Waals surface area contributed by atoms with Gasteiger partial charge in [-0.2, -0.15) is 0 Å². The Morgan fingerprint density at radius 2 is 1.92 bits per heavy atom. The first-order valence-electron chi connectivity index (χ1n) is 7.70. The van der Waals surface area contributed by atoms with E-state index in [4.69, 9.17) is 5.14 Å². The molecule has 7 heteroatoms. The zero-order valence-corrected chi connectivity index (χ0v) is 13.9. The van der Waals surface area contributed by atoms with E-state index >= 15 is 0 Å². The second-order valence-electron chi connectivity index (χ2n) is 5.74. The van der Waals surface area contributed by atoms with Gasteiger partial charge in [-0.05, 0) is 54.3 Å². The molecule has 2 aromatic rings. The zero-order valence-electron chi connectivity index (χ0n) is 13.1. The van der Waals surface area contributed by atoms with Crippen molar-refractivity contribution < 1.29 is 13.2 Å². The third kappa shape index (κ3) is 3.74. The molecular weight excluding hydrogens is 326 g/mol. The maximum absolute atomic E-state index is 12.2. The number of fused-ring (bicyclic) bond motifs is 1. The third-order valence-electron chi connectivity index (χ3n) is 4.03. The summed E-state index contributed by atoms with van der Waals surface area (Å²) in [5, 5.41) is 11.2. The first kappa shape index (κ1) is 16.5. The molecule has 0 bridgehead atoms. The van der Waals surface area contributed by atoms with E-state index in [0.717, 1.165) is 24.2 Å². The number of hydrogen-bond donors (Lipinski definition) is 3. The van der Waals surface area contributed by atoms with Gasteiger partial charge in [0.25, 0.3) is 5.91 Å². The van der Waals surface area contributed by atoms with E-state index in [9.17, 15) is 13.2 Å². The van der Waals surface area contributed by atoms with E-state index in [2.05, 4.69) is 10.6 Å². The fourth-order valence-electron chi connectivity index (χ4n) is 2.71. The summed E-state index contributed by atoms with van der Waals surface area (Å²) in [6, 6.07) is 12.0. The molecule has 3 rings (SSSR count). The second-order valence-corrected chi connectivity index (χ2v) is 7.30. The molecule has 0 aromatic heterocycles. The summed E-state index contributed by atoms with van der Waals surface area (Å²) in [4.78, 5) is 12.3. The number of carbonyl (C=O) groups is 1. The van der Waals surface area contributed by atoms with Crippen LogP contribution in [-0.2, 0) is 22.9 Å². The van der Waals surface area contributed by atoms with Gasteiger partial charge in [-0.25, -0.2) is 13.6 Å². The largest absolute Gasteiger partial charge is 0.384 e. The van der Waals surface area contributed by atoms with Crippen molar-refractivity contribution in [3.8, 4) is 0 Å². The highest BCUT2D eigenvalue weighted by Crippen LogP contribution is 2.22. The Hall–Kier alpha value is -2.38. The molecule has 0 aliphatic carbocycles. The number of nitrogens with one attached hydrogen (secondary N) is 2. The molecule has 0 atom stereocenters. The highest BCUT2D eigenvalue weighted by molar-refractivity contribution is 7.89. The molecule has 24 heavy (non-hydrogen) atoms. The molecule has 1 aliphatic heterocycles. The van der Waals surface area contributed by atoms with Gasteiger partial charge in [-0.3, -0.25) is 4.79 Å². The maximum Gasteiger partial charge on any atom is 0.251 e. The lowest BCUT2D eigenvalue weighted by atomic mass is 10.1. The maximum atomic E-state index is 12.2. The molecule has 126 valence electrons. The molecule has 6 nitrogen and oxygen atoms in total. The number of amides is 1. The molecule has 2 aromatic carbocycles. The van der Waals surface area contributed by atoms with Crippen molar-refractivity contribution in [1.29, 1.82) is 0 Å². The van der Waals surface area contributed by atoms with Gasteiger partial charge in [0.1, 0.15) is 0 Å². The summed E-state index contributed by atoms with van der Waals surface area (Å²) >= 11 is 0. The van der Waals surface area contributed by atoms with Gasteiger partial charge in [-0.15, -0.1) is 0 Å². The van der Waals surface area contributed by atoms with E-state index in [1.165, 1.54) is 17.7 Å². The van der Waals surface area contributed by atoms with Crippen molar-refractivity contribution in [2.24, 2.45) is 5.14 Å². The highest BCUT2D eigenvalue weighted by Gasteiger charge is 2.13. The summed E-state index contributed by atoms with van der Waals surface area (Å²) in [7, 11) is -3.67. The molecule has 1 aliphatic rings. The molecule has 0 radical (unpaired) electrons. The van der Waals surface area contributed by atoms with E-state index in [1.807, 2.05) is 18.2 Å². The van der Waals surface area contributed by atoms with Crippen molar-refractivity contribution in [1.82, 2.24) is 5.32 Å². The van der Waals surface area contributed by atoms with Gasteiger partial charge in [0.15, 0.2) is 0 Å². The van der Waals surface area contributed by atoms with Crippen LogP contribution < -0.4 is 15.8 Å². The predicted molar refractivity (Wildman–Crippen MR) is 92.5 cm³/mol. The molecule has 1 heterocycles. The van der Waals surface area contributed by atoms with Crippen LogP contribution in [0.25, 0.3) is 0 Å². The Morgan fingerprint density at radius 3 is 2.62 bits per heavy atom. The lowest BCUT2D eigenvalue weighted by molar-refractivity contribution is 0.0954. The number of benzene rings is 2. The normalized spacial score (nSPS) is 13.2. The van der Waals surface area contributed by atoms with Gasteiger partial charge >= 0.3 is 0 Å². The number of carbonyl (C=O) groups excluding carboxylic acids is 1. The standard InChI is InChI=1S/C17H19N3O3S/c18-24(22,23)15-4-1-12(2-5-15)7-9-20-17(21)14-3-6-16-13(11-14)8-10-19-16/h1-6,11,19H,7-10H2,(H,20,21)(H2,18,22,23). The SMILES string of the molecule is NS(=O)(=O)c1ccc(CCNC(=O)c2ccc3c(c2)CCN3)cc1. The average molecular weight is 345 g/mol. The van der Waals surface area contributed by atoms with Crippen LogP contribution in [0.3, 0.4) is 0 Å². The molecule has 1 amide bonds. The van der Waals surface area contributed by atoms with E-state index in [0.29, 0.717) is 18.5 Å². The van der Waals surface area contributed by atoms with Crippen LogP contribution in [0.15, 0.2) is 47.4 Å². The van der Waals surface area contributed by atoms with Crippen molar-refractivity contribution in [2.75, 3.05) is 18.4 Å². The monoisotopic (exact) mass is 345 g/mol. The quantitative estimate of drug-likeness (QED) is 0.759. The predicted octanol–water partition coefficient (Wildman–Crippen LogP) is 1.27. The van der Waals surface area contributed by atoms with E-state index in [1.54, 1.807) is 12.1 Å². The molecule has 0 unspecified atom stereocenters. The zero-order chi connectivity index (χ0) is 17.2. The summed E-state index contributed by atoms with van der Waals surface area (Å²) in [6.07, 6.45) is 1.55. The minimum absolute atomic E-state index is 0.0852. The van der Waals surface area contributed by atoms with Gasteiger partial charge < -0.3 is 10.6 Å². The molecule has 0 spiro atoms. The van der Waals surface area contributed by atoms with Crippen LogP contribution in [0, 0.1) is 0 Å². The van der Waals surface area contributed by atoms with Crippen molar-refractivity contribution in [2.45, 2.75) is 17.7 Å². The Morgan fingerprint density at radius 1 is 1.17 bits per heavy atom. The summed E-state index contributed by atoms with van der Waals surface area (Å²) in [6.45, 7) is 1.39. The fraction of sp³-hybridized carbons (Fsp3) is 0.235. The molecule has 4 N–H and O–H groups in total. The summed E-state index contributed by atoms with van der Waals surface area (Å²) in [5.41, 5.74) is 3.85. The summed E-state index contributed by atoms with van der Waals surface area (Å²) < 4.78 is 22.4. The van der Waals surface area contributed by atoms with Gasteiger partial charge in [0, 0.05) is 24.3 Å². The number of nitrogens with two attached hydrogens (primary N) is 1. The topological polar surface area (TPSA) is 101 Å². The Labute approximate surface area is 141 Å². The van der Waals surface area contributed by atoms with E-state index < -0.39 is 10.0 Å². The van der Waals surface area contributed by atoms with Crippen molar-refractivity contribution in [3.63, 3.8) is 0 Å². The molecular formula is C17H19N3O3S. The number of primary sulfonamides is 1. The molecule has 0 saturated carbocycles.